The van der Waals surface area contributed by atoms with Crippen LogP contribution in [0.3, 0.4) is 0 Å². The van der Waals surface area contributed by atoms with Gasteiger partial charge in [-0.25, -0.2) is 13.1 Å². The lowest BCUT2D eigenvalue weighted by atomic mass is 10.0. The first kappa shape index (κ1) is 24.4. The molecule has 9 heteroatoms. The van der Waals surface area contributed by atoms with Crippen molar-refractivity contribution in [1.82, 2.24) is 19.4 Å². The molecule has 35 heavy (non-hydrogen) atoms. The molecule has 1 amide bonds. The van der Waals surface area contributed by atoms with Gasteiger partial charge in [-0.15, -0.1) is 0 Å². The maximum Gasteiger partial charge on any atom is 0.261 e. The first-order chi connectivity index (χ1) is 16.8. The number of carbonyl (C=O) groups is 1. The molecule has 0 spiro atoms. The van der Waals surface area contributed by atoms with E-state index in [9.17, 15) is 18.5 Å². The lowest BCUT2D eigenvalue weighted by Crippen LogP contribution is -2.39. The van der Waals surface area contributed by atoms with E-state index in [0.717, 1.165) is 18.5 Å². The number of nitriles is 1. The number of sulfonamides is 1. The van der Waals surface area contributed by atoms with Gasteiger partial charge in [0.1, 0.15) is 17.3 Å². The number of nitrogens with one attached hydrogen (secondary N) is 1. The molecular weight excluding hydrogens is 462 g/mol. The van der Waals surface area contributed by atoms with E-state index in [4.69, 9.17) is 5.10 Å². The highest BCUT2D eigenvalue weighted by atomic mass is 32.2. The van der Waals surface area contributed by atoms with E-state index < -0.39 is 15.9 Å². The highest BCUT2D eigenvalue weighted by Gasteiger charge is 2.29. The molecule has 0 radical (unpaired) electrons. The fourth-order valence-corrected chi connectivity index (χ4v) is 5.83. The van der Waals surface area contributed by atoms with Gasteiger partial charge in [-0.05, 0) is 49.1 Å². The Labute approximate surface area is 205 Å². The fourth-order valence-electron chi connectivity index (χ4n) is 4.19. The number of rotatable bonds is 6. The van der Waals surface area contributed by atoms with Crippen LogP contribution in [0.1, 0.15) is 25.3 Å². The zero-order valence-electron chi connectivity index (χ0n) is 19.7. The van der Waals surface area contributed by atoms with Gasteiger partial charge in [0, 0.05) is 37.5 Å². The number of aromatic nitrogens is 2. The van der Waals surface area contributed by atoms with Crippen LogP contribution in [-0.4, -0.2) is 48.5 Å². The van der Waals surface area contributed by atoms with E-state index in [2.05, 4.69) is 12.2 Å². The van der Waals surface area contributed by atoms with Gasteiger partial charge in [0.15, 0.2) is 0 Å². The molecule has 0 bridgehead atoms. The maximum atomic E-state index is 13.4. The Morgan fingerprint density at radius 1 is 1.20 bits per heavy atom. The van der Waals surface area contributed by atoms with Gasteiger partial charge in [0.25, 0.3) is 5.91 Å². The first-order valence-electron chi connectivity index (χ1n) is 11.4. The third-order valence-electron chi connectivity index (χ3n) is 6.02. The fraction of sp³-hybridized carbons (Fsp3) is 0.269. The van der Waals surface area contributed by atoms with Gasteiger partial charge in [-0.1, -0.05) is 37.3 Å². The molecule has 1 aliphatic heterocycles. The zero-order chi connectivity index (χ0) is 25.0. The molecule has 3 aromatic rings. The molecule has 1 fully saturated rings. The minimum atomic E-state index is -3.66. The Morgan fingerprint density at radius 2 is 1.97 bits per heavy atom. The van der Waals surface area contributed by atoms with E-state index in [1.165, 1.54) is 13.1 Å². The Kier molecular flexibility index (Phi) is 7.15. The van der Waals surface area contributed by atoms with Crippen molar-refractivity contribution in [3.8, 4) is 23.0 Å². The van der Waals surface area contributed by atoms with E-state index in [1.807, 2.05) is 36.4 Å². The van der Waals surface area contributed by atoms with Crippen LogP contribution < -0.4 is 5.32 Å². The number of likely N-dealkylation sites (N-methyl/N-ethyl adjacent to an activating group) is 1. The molecule has 180 valence electrons. The van der Waals surface area contributed by atoms with Gasteiger partial charge < -0.3 is 5.32 Å². The predicted molar refractivity (Wildman–Crippen MR) is 134 cm³/mol. The Balaban J connectivity index is 1.82. The van der Waals surface area contributed by atoms with Crippen molar-refractivity contribution in [2.24, 2.45) is 5.92 Å². The van der Waals surface area contributed by atoms with Crippen LogP contribution in [0.5, 0.6) is 0 Å². The molecular formula is C26H27N5O3S. The predicted octanol–water partition coefficient (Wildman–Crippen LogP) is 3.61. The summed E-state index contributed by atoms with van der Waals surface area (Å²) in [6.45, 7) is 3.07. The van der Waals surface area contributed by atoms with Crippen LogP contribution in [0, 0.1) is 17.2 Å². The second kappa shape index (κ2) is 10.3. The molecule has 1 aliphatic rings. The number of amides is 1. The highest BCUT2D eigenvalue weighted by Crippen LogP contribution is 2.30. The molecule has 1 N–H and O–H groups in total. The highest BCUT2D eigenvalue weighted by molar-refractivity contribution is 7.89. The molecule has 1 unspecified atom stereocenters. The van der Waals surface area contributed by atoms with Crippen molar-refractivity contribution in [2.75, 3.05) is 20.1 Å². The topological polar surface area (TPSA) is 108 Å². The summed E-state index contributed by atoms with van der Waals surface area (Å²) >= 11 is 0. The molecule has 0 aliphatic carbocycles. The third-order valence-corrected chi connectivity index (χ3v) is 7.88. The second-order valence-corrected chi connectivity index (χ2v) is 10.5. The monoisotopic (exact) mass is 489 g/mol. The molecule has 4 rings (SSSR count). The van der Waals surface area contributed by atoms with Crippen molar-refractivity contribution in [3.63, 3.8) is 0 Å². The van der Waals surface area contributed by atoms with Gasteiger partial charge >= 0.3 is 0 Å². The van der Waals surface area contributed by atoms with Gasteiger partial charge in [-0.2, -0.15) is 14.7 Å². The Hall–Kier alpha value is -3.74. The standard InChI is InChI=1S/C26H27N5O3S/c1-19-8-7-13-30(17-19)35(33,34)24-12-6-9-20(15-24)25-22(14-21(16-27)26(32)28-2)18-31(29-25)23-10-4-3-5-11-23/h3-6,9-12,14-15,18-19H,7-8,13,17H2,1-2H3,(H,28,32)/b21-14-. The van der Waals surface area contributed by atoms with E-state index >= 15 is 0 Å². The largest absolute Gasteiger partial charge is 0.354 e. The average Bonchev–Trinajstić information content (AvgIpc) is 3.31. The van der Waals surface area contributed by atoms with Gasteiger partial charge in [-0.3, -0.25) is 4.79 Å². The number of carbonyl (C=O) groups excluding carboxylic acids is 1. The first-order valence-corrected chi connectivity index (χ1v) is 12.9. The number of nitrogens with zero attached hydrogens (tertiary/aromatic N) is 4. The lowest BCUT2D eigenvalue weighted by molar-refractivity contribution is -0.116. The molecule has 1 aromatic heterocycles. The molecule has 8 nitrogen and oxygen atoms in total. The second-order valence-electron chi connectivity index (χ2n) is 8.60. The van der Waals surface area contributed by atoms with Crippen LogP contribution in [0.4, 0.5) is 0 Å². The Morgan fingerprint density at radius 3 is 2.66 bits per heavy atom. The van der Waals surface area contributed by atoms with Crippen LogP contribution in [0.15, 0.2) is 71.3 Å². The smallest absolute Gasteiger partial charge is 0.261 e. The number of hydrogen-bond donors (Lipinski definition) is 1. The SMILES string of the molecule is CNC(=O)/C(C#N)=C\c1cn(-c2ccccc2)nc1-c1cccc(S(=O)(=O)N2CCCC(C)C2)c1. The molecule has 1 atom stereocenters. The summed E-state index contributed by atoms with van der Waals surface area (Å²) in [7, 11) is -2.21. The lowest BCUT2D eigenvalue weighted by Gasteiger charge is -2.30. The summed E-state index contributed by atoms with van der Waals surface area (Å²) in [6, 6.07) is 18.0. The van der Waals surface area contributed by atoms with Crippen molar-refractivity contribution in [1.29, 1.82) is 5.26 Å². The maximum absolute atomic E-state index is 13.4. The van der Waals surface area contributed by atoms with Crippen molar-refractivity contribution < 1.29 is 13.2 Å². The summed E-state index contributed by atoms with van der Waals surface area (Å²) in [6.07, 6.45) is 5.05. The molecule has 2 aromatic carbocycles. The number of hydrogen-bond acceptors (Lipinski definition) is 5. The van der Waals surface area contributed by atoms with E-state index in [1.54, 1.807) is 39.4 Å². The van der Waals surface area contributed by atoms with Gasteiger partial charge in [0.05, 0.1) is 10.6 Å². The van der Waals surface area contributed by atoms with Crippen molar-refractivity contribution in [3.05, 3.63) is 71.9 Å². The third kappa shape index (κ3) is 5.19. The number of para-hydroxylation sites is 1. The summed E-state index contributed by atoms with van der Waals surface area (Å²) in [4.78, 5) is 12.3. The summed E-state index contributed by atoms with van der Waals surface area (Å²) in [5.74, 6) is -0.199. The van der Waals surface area contributed by atoms with Crippen LogP contribution in [0.25, 0.3) is 23.0 Å². The summed E-state index contributed by atoms with van der Waals surface area (Å²) in [5, 5.41) is 16.7. The summed E-state index contributed by atoms with van der Waals surface area (Å²) < 4.78 is 29.9. The van der Waals surface area contributed by atoms with Crippen LogP contribution in [-0.2, 0) is 14.8 Å². The normalized spacial score (nSPS) is 17.1. The minimum Gasteiger partial charge on any atom is -0.354 e. The van der Waals surface area contributed by atoms with Gasteiger partial charge in [0.2, 0.25) is 10.0 Å². The van der Waals surface area contributed by atoms with Crippen LogP contribution >= 0.6 is 0 Å². The van der Waals surface area contributed by atoms with Crippen LogP contribution in [0.2, 0.25) is 0 Å². The number of piperidine rings is 1. The van der Waals surface area contributed by atoms with Crippen molar-refractivity contribution in [2.45, 2.75) is 24.7 Å². The Bertz CT molecular complexity index is 1400. The van der Waals surface area contributed by atoms with Crippen molar-refractivity contribution >= 4 is 22.0 Å². The molecule has 2 heterocycles. The molecule has 0 saturated carbocycles. The van der Waals surface area contributed by atoms with E-state index in [-0.39, 0.29) is 10.5 Å². The average molecular weight is 490 g/mol. The number of benzene rings is 2. The van der Waals surface area contributed by atoms with E-state index in [0.29, 0.717) is 35.8 Å². The molecule has 1 saturated heterocycles. The zero-order valence-corrected chi connectivity index (χ0v) is 20.5. The minimum absolute atomic E-state index is 0.0764. The quantitative estimate of drug-likeness (QED) is 0.420. The summed E-state index contributed by atoms with van der Waals surface area (Å²) in [5.41, 5.74) is 2.28.